The smallest absolute Gasteiger partial charge is 0.247 e. The highest BCUT2D eigenvalue weighted by atomic mass is 35.5. The lowest BCUT2D eigenvalue weighted by atomic mass is 9.68. The van der Waals surface area contributed by atoms with Gasteiger partial charge in [-0.1, -0.05) is 55.7 Å². The van der Waals surface area contributed by atoms with Crippen molar-refractivity contribution >= 4 is 12.4 Å². The van der Waals surface area contributed by atoms with E-state index in [-0.39, 0.29) is 29.4 Å². The summed E-state index contributed by atoms with van der Waals surface area (Å²) < 4.78 is 0. The lowest BCUT2D eigenvalue weighted by Crippen LogP contribution is -2.47. The third kappa shape index (κ3) is 3.42. The van der Waals surface area contributed by atoms with Crippen LogP contribution in [0.4, 0.5) is 0 Å². The predicted molar refractivity (Wildman–Crippen MR) is 92.6 cm³/mol. The maximum absolute atomic E-state index is 11.4. The fourth-order valence-electron chi connectivity index (χ4n) is 3.60. The average Bonchev–Trinajstić information content (AvgIpc) is 2.51. The summed E-state index contributed by atoms with van der Waals surface area (Å²) in [6, 6.07) is 13.9. The van der Waals surface area contributed by atoms with Crippen molar-refractivity contribution < 1.29 is 0 Å². The van der Waals surface area contributed by atoms with Crippen LogP contribution in [0.25, 0.3) is 0 Å². The van der Waals surface area contributed by atoms with Crippen LogP contribution < -0.4 is 11.3 Å². The van der Waals surface area contributed by atoms with E-state index in [9.17, 15) is 4.79 Å². The molecule has 2 aromatic rings. The van der Waals surface area contributed by atoms with Gasteiger partial charge in [-0.3, -0.25) is 4.79 Å². The molecule has 3 N–H and O–H groups in total. The van der Waals surface area contributed by atoms with Crippen molar-refractivity contribution in [2.75, 3.05) is 0 Å². The molecule has 1 aliphatic carbocycles. The largest absolute Gasteiger partial charge is 0.329 e. The topological polar surface area (TPSA) is 58.9 Å². The molecule has 22 heavy (non-hydrogen) atoms. The van der Waals surface area contributed by atoms with Crippen molar-refractivity contribution in [3.05, 3.63) is 70.1 Å². The fraction of sp³-hybridized carbons (Fsp3) is 0.389. The van der Waals surface area contributed by atoms with E-state index < -0.39 is 0 Å². The molecule has 118 valence electrons. The molecule has 0 aliphatic heterocycles. The third-order valence-corrected chi connectivity index (χ3v) is 4.63. The van der Waals surface area contributed by atoms with Gasteiger partial charge in [-0.15, -0.1) is 12.4 Å². The van der Waals surface area contributed by atoms with Gasteiger partial charge in [0.2, 0.25) is 5.56 Å². The molecule has 1 aliphatic rings. The molecule has 0 radical (unpaired) electrons. The van der Waals surface area contributed by atoms with Gasteiger partial charge in [-0.2, -0.15) is 0 Å². The van der Waals surface area contributed by atoms with Crippen LogP contribution in [0.5, 0.6) is 0 Å². The Bertz CT molecular complexity index is 627. The molecule has 3 rings (SSSR count). The van der Waals surface area contributed by atoms with E-state index in [2.05, 4.69) is 29.2 Å². The van der Waals surface area contributed by atoms with E-state index in [4.69, 9.17) is 5.73 Å². The summed E-state index contributed by atoms with van der Waals surface area (Å²) in [5.74, 6) is 0.135. The van der Waals surface area contributed by atoms with Gasteiger partial charge in [0.1, 0.15) is 0 Å². The number of H-pyrrole nitrogens is 1. The van der Waals surface area contributed by atoms with Crippen molar-refractivity contribution in [1.29, 1.82) is 0 Å². The van der Waals surface area contributed by atoms with Gasteiger partial charge in [0.25, 0.3) is 0 Å². The van der Waals surface area contributed by atoms with E-state index >= 15 is 0 Å². The number of rotatable bonds is 3. The summed E-state index contributed by atoms with van der Waals surface area (Å²) in [4.78, 5) is 14.1. The van der Waals surface area contributed by atoms with Crippen molar-refractivity contribution in [1.82, 2.24) is 4.98 Å². The first-order valence-corrected chi connectivity index (χ1v) is 7.71. The maximum Gasteiger partial charge on any atom is 0.247 e. The Hall–Kier alpha value is -1.58. The van der Waals surface area contributed by atoms with E-state index in [1.54, 1.807) is 6.07 Å². The van der Waals surface area contributed by atoms with E-state index in [0.29, 0.717) is 0 Å². The SMILES string of the molecule is Cl.NC1(C(c2ccccc2)c2ccc(=O)[nH]c2)CCCCC1. The average molecular weight is 319 g/mol. The highest BCUT2D eigenvalue weighted by Crippen LogP contribution is 2.41. The minimum atomic E-state index is -0.224. The molecule has 1 saturated carbocycles. The summed E-state index contributed by atoms with van der Waals surface area (Å²) in [5, 5.41) is 0. The van der Waals surface area contributed by atoms with Crippen LogP contribution in [0.1, 0.15) is 49.1 Å². The van der Waals surface area contributed by atoms with Gasteiger partial charge in [0.05, 0.1) is 0 Å². The standard InChI is InChI=1S/C18H22N2O.ClH/c19-18(11-5-2-6-12-18)17(14-7-3-1-4-8-14)15-9-10-16(21)20-13-15;/h1,3-4,7-10,13,17H,2,5-6,11-12,19H2,(H,20,21);1H. The van der Waals surface area contributed by atoms with Gasteiger partial charge in [0, 0.05) is 23.7 Å². The number of nitrogens with one attached hydrogen (secondary N) is 1. The molecule has 1 atom stereocenters. The number of aromatic amines is 1. The Morgan fingerprint density at radius 2 is 1.64 bits per heavy atom. The zero-order valence-electron chi connectivity index (χ0n) is 12.6. The quantitative estimate of drug-likeness (QED) is 0.908. The molecule has 3 nitrogen and oxygen atoms in total. The number of halogens is 1. The molecule has 0 saturated heterocycles. The summed E-state index contributed by atoms with van der Waals surface area (Å²) >= 11 is 0. The van der Waals surface area contributed by atoms with Gasteiger partial charge in [0.15, 0.2) is 0 Å². The molecule has 1 aromatic heterocycles. The number of benzene rings is 1. The summed E-state index contributed by atoms with van der Waals surface area (Å²) in [6.45, 7) is 0. The van der Waals surface area contributed by atoms with Crippen LogP contribution in [0.2, 0.25) is 0 Å². The van der Waals surface area contributed by atoms with Crippen LogP contribution in [0.15, 0.2) is 53.5 Å². The number of hydrogen-bond acceptors (Lipinski definition) is 2. The maximum atomic E-state index is 11.4. The number of aromatic nitrogens is 1. The predicted octanol–water partition coefficient (Wildman–Crippen LogP) is 3.59. The molecule has 1 fully saturated rings. The first kappa shape index (κ1) is 16.8. The first-order valence-electron chi connectivity index (χ1n) is 7.71. The lowest BCUT2D eigenvalue weighted by Gasteiger charge is -2.41. The second-order valence-electron chi connectivity index (χ2n) is 6.12. The fourth-order valence-corrected chi connectivity index (χ4v) is 3.60. The Morgan fingerprint density at radius 3 is 2.23 bits per heavy atom. The van der Waals surface area contributed by atoms with Crippen molar-refractivity contribution in [2.45, 2.75) is 43.6 Å². The minimum Gasteiger partial charge on any atom is -0.329 e. The van der Waals surface area contributed by atoms with E-state index in [1.165, 1.54) is 24.8 Å². The Labute approximate surface area is 137 Å². The Morgan fingerprint density at radius 1 is 0.955 bits per heavy atom. The second-order valence-corrected chi connectivity index (χ2v) is 6.12. The molecule has 1 unspecified atom stereocenters. The second kappa shape index (κ2) is 7.12. The normalized spacial score (nSPS) is 18.2. The van der Waals surface area contributed by atoms with Gasteiger partial charge >= 0.3 is 0 Å². The molecule has 0 spiro atoms. The molecule has 0 amide bonds. The molecule has 4 heteroatoms. The molecule has 0 bridgehead atoms. The number of nitrogens with two attached hydrogens (primary N) is 1. The minimum absolute atomic E-state index is 0. The lowest BCUT2D eigenvalue weighted by molar-refractivity contribution is 0.266. The number of hydrogen-bond donors (Lipinski definition) is 2. The van der Waals surface area contributed by atoms with Crippen LogP contribution in [0, 0.1) is 0 Å². The highest BCUT2D eigenvalue weighted by molar-refractivity contribution is 5.85. The molecule has 1 heterocycles. The van der Waals surface area contributed by atoms with Gasteiger partial charge < -0.3 is 10.7 Å². The first-order chi connectivity index (χ1) is 10.2. The van der Waals surface area contributed by atoms with Crippen molar-refractivity contribution in [3.8, 4) is 0 Å². The Balaban J connectivity index is 0.00000176. The molecular formula is C18H23ClN2O. The van der Waals surface area contributed by atoms with Crippen LogP contribution in [-0.2, 0) is 0 Å². The van der Waals surface area contributed by atoms with Gasteiger partial charge in [-0.25, -0.2) is 0 Å². The summed E-state index contributed by atoms with van der Waals surface area (Å²) in [5.41, 5.74) is 8.85. The van der Waals surface area contributed by atoms with Crippen LogP contribution in [-0.4, -0.2) is 10.5 Å². The van der Waals surface area contributed by atoms with Crippen LogP contribution >= 0.6 is 12.4 Å². The highest BCUT2D eigenvalue weighted by Gasteiger charge is 2.38. The van der Waals surface area contributed by atoms with E-state index in [0.717, 1.165) is 18.4 Å². The Kier molecular flexibility index (Phi) is 5.43. The molecule has 1 aromatic carbocycles. The summed E-state index contributed by atoms with van der Waals surface area (Å²) in [6.07, 6.45) is 7.53. The monoisotopic (exact) mass is 318 g/mol. The van der Waals surface area contributed by atoms with E-state index in [1.807, 2.05) is 18.3 Å². The number of pyridine rings is 1. The van der Waals surface area contributed by atoms with Crippen LogP contribution in [0.3, 0.4) is 0 Å². The zero-order chi connectivity index (χ0) is 14.7. The summed E-state index contributed by atoms with van der Waals surface area (Å²) in [7, 11) is 0. The third-order valence-electron chi connectivity index (χ3n) is 4.63. The van der Waals surface area contributed by atoms with Gasteiger partial charge in [-0.05, 0) is 24.0 Å². The zero-order valence-corrected chi connectivity index (χ0v) is 13.4. The van der Waals surface area contributed by atoms with Crippen molar-refractivity contribution in [2.24, 2.45) is 5.73 Å². The van der Waals surface area contributed by atoms with Crippen molar-refractivity contribution in [3.63, 3.8) is 0 Å². The molecular weight excluding hydrogens is 296 g/mol.